The molecule has 0 radical (unpaired) electrons. The van der Waals surface area contributed by atoms with Crippen LogP contribution in [-0.4, -0.2) is 9.55 Å². The van der Waals surface area contributed by atoms with E-state index in [0.29, 0.717) is 39.8 Å². The van der Waals surface area contributed by atoms with Crippen LogP contribution < -0.4 is 14.5 Å². The van der Waals surface area contributed by atoms with Crippen molar-refractivity contribution >= 4 is 44.6 Å². The molecule has 0 fully saturated rings. The van der Waals surface area contributed by atoms with E-state index in [-0.39, 0.29) is 55.1 Å². The van der Waals surface area contributed by atoms with E-state index in [1.54, 1.807) is 6.07 Å². The van der Waals surface area contributed by atoms with Crippen LogP contribution in [0.3, 0.4) is 0 Å². The molecule has 0 saturated heterocycles. The van der Waals surface area contributed by atoms with Gasteiger partial charge in [0, 0.05) is 76.6 Å². The third-order valence-corrected chi connectivity index (χ3v) is 13.6. The molecule has 3 heterocycles. The maximum Gasteiger partial charge on any atom is 0.135 e. The van der Waals surface area contributed by atoms with Gasteiger partial charge >= 0.3 is 0 Å². The number of rotatable bonds is 8. The third-order valence-electron chi connectivity index (χ3n) is 13.6. The number of nitrogens with zero attached hydrogens (tertiary/aromatic N) is 4. The van der Waals surface area contributed by atoms with Crippen LogP contribution in [0.15, 0.2) is 182 Å². The molecule has 368 valence electrons. The van der Waals surface area contributed by atoms with Crippen LogP contribution in [0.1, 0.15) is 95.5 Å². The summed E-state index contributed by atoms with van der Waals surface area (Å²) >= 11 is 0. The first kappa shape index (κ1) is 40.3. The Bertz CT molecular complexity index is 4060. The zero-order valence-corrected chi connectivity index (χ0v) is 44.8. The maximum atomic E-state index is 9.42. The fourth-order valence-electron chi connectivity index (χ4n) is 9.78. The van der Waals surface area contributed by atoms with Crippen LogP contribution in [0.5, 0.6) is 11.5 Å². The van der Waals surface area contributed by atoms with E-state index in [4.69, 9.17) is 13.0 Å². The third kappa shape index (κ3) is 9.41. The Morgan fingerprint density at radius 3 is 1.92 bits per heavy atom. The maximum absolute atomic E-state index is 9.42. The van der Waals surface area contributed by atoms with Gasteiger partial charge < -0.3 is 19.1 Å². The van der Waals surface area contributed by atoms with E-state index in [1.165, 1.54) is 23.4 Å². The molecule has 8 aromatic carbocycles. The van der Waals surface area contributed by atoms with Crippen LogP contribution in [-0.2, 0) is 37.3 Å². The van der Waals surface area contributed by atoms with Crippen molar-refractivity contribution in [1.29, 1.82) is 0 Å². The normalized spacial score (nSPS) is 14.6. The first-order valence-electron chi connectivity index (χ1n) is 28.4. The van der Waals surface area contributed by atoms with Gasteiger partial charge in [0.2, 0.25) is 0 Å². The Labute approximate surface area is 457 Å². The number of ether oxygens (including phenoxy) is 1. The number of pyridine rings is 1. The van der Waals surface area contributed by atoms with Crippen LogP contribution in [0.2, 0.25) is 0 Å². The number of para-hydroxylation sites is 3. The second kappa shape index (κ2) is 19.0. The van der Waals surface area contributed by atoms with Crippen LogP contribution in [0.4, 0.5) is 22.7 Å². The minimum absolute atomic E-state index is 0. The molecule has 0 saturated carbocycles. The molecule has 6 heteroatoms. The quantitative estimate of drug-likeness (QED) is 0.142. The SMILES string of the molecule is [2H]c1c([2H])c([2H])c(-c2cc(C(C)(C)C)cc(-c3ccc(-c4ccc(C(C)(C)C)cc4C(C)(C)C)cc3)c2N2[CH-]N(c3[c-]c(Oc4[c-]c5c(cc4)c4ccccc4n5-c4cc(C([2H])([2H])[2H])ccn4)ccc3)c3ccccc32)c([2H])c1[2H].[Pt]. The molecule has 0 spiro atoms. The zero-order valence-electron chi connectivity index (χ0n) is 50.5. The van der Waals surface area contributed by atoms with Gasteiger partial charge in [0.05, 0.1) is 6.85 Å². The Morgan fingerprint density at radius 2 is 1.22 bits per heavy atom. The Hall–Kier alpha value is -7.20. The van der Waals surface area contributed by atoms with Crippen LogP contribution in [0.25, 0.3) is 61.0 Å². The molecule has 2 aromatic heterocycles. The zero-order chi connectivity index (χ0) is 57.0. The molecule has 0 aliphatic carbocycles. The van der Waals surface area contributed by atoms with Gasteiger partial charge in [-0.3, -0.25) is 0 Å². The molecule has 73 heavy (non-hydrogen) atoms. The van der Waals surface area contributed by atoms with Gasteiger partial charge in [-0.2, -0.15) is 12.1 Å². The minimum atomic E-state index is -2.32. The van der Waals surface area contributed by atoms with Crippen molar-refractivity contribution < 1.29 is 36.8 Å². The molecule has 0 unspecified atom stereocenters. The van der Waals surface area contributed by atoms with Crippen molar-refractivity contribution in [3.8, 4) is 50.7 Å². The minimum Gasteiger partial charge on any atom is -0.509 e. The Morgan fingerprint density at radius 1 is 0.562 bits per heavy atom. The molecular weight excluding hydrogens is 1070 g/mol. The molecular formula is C67H61N4OPt-3. The molecule has 5 nitrogen and oxygen atoms in total. The average molecular weight is 1140 g/mol. The summed E-state index contributed by atoms with van der Waals surface area (Å²) in [5.74, 6) is 1.26. The smallest absolute Gasteiger partial charge is 0.135 e. The summed E-state index contributed by atoms with van der Waals surface area (Å²) in [4.78, 5) is 8.69. The Kier molecular flexibility index (Phi) is 10.5. The number of anilines is 4. The summed E-state index contributed by atoms with van der Waals surface area (Å²) in [5.41, 5.74) is 11.9. The molecule has 0 atom stereocenters. The second-order valence-corrected chi connectivity index (χ2v) is 21.7. The predicted octanol–water partition coefficient (Wildman–Crippen LogP) is 18.2. The first-order chi connectivity index (χ1) is 37.8. The van der Waals surface area contributed by atoms with Crippen molar-refractivity contribution in [2.24, 2.45) is 0 Å². The van der Waals surface area contributed by atoms with Gasteiger partial charge in [0.25, 0.3) is 0 Å². The standard InChI is InChI=1S/C67H61N4O.Pt/c1-44-35-36-68-63(37-44)71-59-24-15-14-23-54(59)55-34-32-52(42-62(55)71)72-51-22-18-21-50(41-51)69-43-70(61-26-17-16-25-60(61)69)64-56(45-19-12-11-13-20-45)38-49(66(5,6)7)39-57(64)47-29-27-46(28-30-47)53-33-31-48(65(2,3)4)40-58(53)67(8,9)10;/h11-40,43H,1-10H3;/q-3;/i1D3,11D,12D,13D,19D,20D;. The fourth-order valence-corrected chi connectivity index (χ4v) is 9.78. The van der Waals surface area contributed by atoms with Gasteiger partial charge in [-0.15, -0.1) is 48.1 Å². The summed E-state index contributed by atoms with van der Waals surface area (Å²) in [5, 5.41) is 1.84. The monoisotopic (exact) mass is 1140 g/mol. The van der Waals surface area contributed by atoms with Crippen molar-refractivity contribution in [3.63, 3.8) is 0 Å². The first-order valence-corrected chi connectivity index (χ1v) is 24.4. The van der Waals surface area contributed by atoms with Crippen molar-refractivity contribution in [2.75, 3.05) is 9.80 Å². The topological polar surface area (TPSA) is 33.5 Å². The van der Waals surface area contributed by atoms with Crippen LogP contribution >= 0.6 is 0 Å². The van der Waals surface area contributed by atoms with Gasteiger partial charge in [0.15, 0.2) is 0 Å². The molecule has 11 rings (SSSR count). The summed E-state index contributed by atoms with van der Waals surface area (Å²) in [6.45, 7) is 19.5. The van der Waals surface area contributed by atoms with Crippen LogP contribution in [0, 0.1) is 25.7 Å². The van der Waals surface area contributed by atoms with Crippen molar-refractivity contribution in [1.82, 2.24) is 9.55 Å². The molecule has 1 aliphatic heterocycles. The average Bonchev–Trinajstić information content (AvgIpc) is 3.97. The van der Waals surface area contributed by atoms with E-state index in [0.717, 1.165) is 55.5 Å². The van der Waals surface area contributed by atoms with E-state index < -0.39 is 30.4 Å². The molecule has 1 aliphatic rings. The van der Waals surface area contributed by atoms with Gasteiger partial charge in [-0.25, -0.2) is 4.98 Å². The fraction of sp³-hybridized carbons (Fsp3) is 0.194. The summed E-state index contributed by atoms with van der Waals surface area (Å²) in [6.07, 6.45) is 1.51. The number of fused-ring (bicyclic) bond motifs is 4. The van der Waals surface area contributed by atoms with E-state index >= 15 is 0 Å². The largest absolute Gasteiger partial charge is 0.509 e. The van der Waals surface area contributed by atoms with E-state index in [2.05, 4.69) is 133 Å². The molecule has 10 aromatic rings. The number of benzene rings is 8. The second-order valence-electron chi connectivity index (χ2n) is 21.7. The molecule has 0 amide bonds. The number of aryl methyl sites for hydroxylation is 1. The predicted molar refractivity (Wildman–Crippen MR) is 301 cm³/mol. The number of hydrogen-bond donors (Lipinski definition) is 0. The van der Waals surface area contributed by atoms with E-state index in [9.17, 15) is 2.74 Å². The van der Waals surface area contributed by atoms with Gasteiger partial charge in [-0.05, 0) is 115 Å². The molecule has 0 bridgehead atoms. The summed E-state index contributed by atoms with van der Waals surface area (Å²) in [7, 11) is 0. The number of aromatic nitrogens is 2. The van der Waals surface area contributed by atoms with Gasteiger partial charge in [0.1, 0.15) is 5.82 Å². The van der Waals surface area contributed by atoms with Crippen molar-refractivity contribution in [2.45, 2.75) is 85.4 Å². The van der Waals surface area contributed by atoms with E-state index in [1.807, 2.05) is 101 Å². The van der Waals surface area contributed by atoms with Gasteiger partial charge in [-0.1, -0.05) is 171 Å². The Balaban J connectivity index is 0.00000736. The summed E-state index contributed by atoms with van der Waals surface area (Å²) in [6, 6.07) is 53.1. The number of hydrogen-bond acceptors (Lipinski definition) is 4. The summed E-state index contributed by atoms with van der Waals surface area (Å²) < 4.78 is 78.1. The molecule has 0 N–H and O–H groups in total. The van der Waals surface area contributed by atoms with Crippen molar-refractivity contribution in [3.05, 3.63) is 223 Å².